The Morgan fingerprint density at radius 3 is 2.93 bits per heavy atom. The Morgan fingerprint density at radius 1 is 1.30 bits per heavy atom. The van der Waals surface area contributed by atoms with Crippen molar-refractivity contribution in [1.82, 2.24) is 29.6 Å². The SMILES string of the molecule is C=CC(=O)N1CC(n2cnc3c(Nc4c(C)ccc5cn[nH]c45)cncc3c2=O)C1. The van der Waals surface area contributed by atoms with E-state index in [-0.39, 0.29) is 17.5 Å². The highest BCUT2D eigenvalue weighted by Gasteiger charge is 2.31. The van der Waals surface area contributed by atoms with Gasteiger partial charge in [-0.2, -0.15) is 5.10 Å². The van der Waals surface area contributed by atoms with Crippen LogP contribution in [0.4, 0.5) is 11.4 Å². The fourth-order valence-corrected chi connectivity index (χ4v) is 3.77. The number of H-pyrrole nitrogens is 1. The fraction of sp³-hybridized carbons (Fsp3) is 0.190. The van der Waals surface area contributed by atoms with E-state index in [2.05, 4.69) is 32.1 Å². The van der Waals surface area contributed by atoms with Gasteiger partial charge in [0.2, 0.25) is 5.91 Å². The molecule has 2 N–H and O–H groups in total. The summed E-state index contributed by atoms with van der Waals surface area (Å²) in [7, 11) is 0. The maximum atomic E-state index is 13.1. The summed E-state index contributed by atoms with van der Waals surface area (Å²) in [6.07, 6.45) is 7.77. The second-order valence-corrected chi connectivity index (χ2v) is 7.36. The summed E-state index contributed by atoms with van der Waals surface area (Å²) in [5, 5.41) is 11.9. The van der Waals surface area contributed by atoms with Crippen molar-refractivity contribution in [3.63, 3.8) is 0 Å². The number of carbonyl (C=O) groups excluding carboxylic acids is 1. The third-order valence-corrected chi connectivity index (χ3v) is 5.52. The molecule has 1 aromatic carbocycles. The van der Waals surface area contributed by atoms with E-state index >= 15 is 0 Å². The van der Waals surface area contributed by atoms with E-state index in [1.807, 2.05) is 19.1 Å². The molecule has 0 atom stereocenters. The normalized spacial score (nSPS) is 14.1. The first-order chi connectivity index (χ1) is 14.6. The number of nitrogens with zero attached hydrogens (tertiary/aromatic N) is 5. The Kier molecular flexibility index (Phi) is 4.09. The number of anilines is 2. The van der Waals surface area contributed by atoms with Gasteiger partial charge < -0.3 is 10.2 Å². The van der Waals surface area contributed by atoms with E-state index in [1.54, 1.807) is 28.2 Å². The number of likely N-dealkylation sites (tertiary alicyclic amines) is 1. The Hall–Kier alpha value is -4.01. The Balaban J connectivity index is 1.52. The Labute approximate surface area is 171 Å². The summed E-state index contributed by atoms with van der Waals surface area (Å²) < 4.78 is 1.57. The minimum Gasteiger partial charge on any atom is -0.350 e. The minimum atomic E-state index is -0.177. The molecule has 0 unspecified atom stereocenters. The molecule has 1 aliphatic rings. The number of amides is 1. The average molecular weight is 401 g/mol. The summed E-state index contributed by atoms with van der Waals surface area (Å²) in [4.78, 5) is 35.2. The van der Waals surface area contributed by atoms with Crippen LogP contribution in [0.5, 0.6) is 0 Å². The maximum Gasteiger partial charge on any atom is 0.263 e. The van der Waals surface area contributed by atoms with E-state index in [1.165, 1.54) is 12.3 Å². The van der Waals surface area contributed by atoms with Gasteiger partial charge in [-0.1, -0.05) is 18.7 Å². The number of hydrogen-bond acceptors (Lipinski definition) is 6. The third kappa shape index (κ3) is 2.74. The van der Waals surface area contributed by atoms with Crippen molar-refractivity contribution < 1.29 is 4.79 Å². The van der Waals surface area contributed by atoms with E-state index < -0.39 is 0 Å². The number of nitrogens with one attached hydrogen (secondary N) is 2. The highest BCUT2D eigenvalue weighted by atomic mass is 16.2. The predicted molar refractivity (Wildman–Crippen MR) is 114 cm³/mol. The summed E-state index contributed by atoms with van der Waals surface area (Å²) >= 11 is 0. The van der Waals surface area contributed by atoms with Gasteiger partial charge in [0.25, 0.3) is 5.56 Å². The number of hydrogen-bond donors (Lipinski definition) is 2. The van der Waals surface area contributed by atoms with E-state index in [9.17, 15) is 9.59 Å². The number of aryl methyl sites for hydroxylation is 1. The predicted octanol–water partition coefficient (Wildman–Crippen LogP) is 2.29. The molecule has 0 aliphatic carbocycles. The molecule has 150 valence electrons. The van der Waals surface area contributed by atoms with Gasteiger partial charge in [-0.15, -0.1) is 0 Å². The van der Waals surface area contributed by atoms with Crippen LogP contribution < -0.4 is 10.9 Å². The van der Waals surface area contributed by atoms with Gasteiger partial charge in [0, 0.05) is 24.7 Å². The van der Waals surface area contributed by atoms with Crippen molar-refractivity contribution in [2.75, 3.05) is 18.4 Å². The minimum absolute atomic E-state index is 0.101. The van der Waals surface area contributed by atoms with Gasteiger partial charge in [0.15, 0.2) is 0 Å². The highest BCUT2D eigenvalue weighted by Crippen LogP contribution is 2.30. The molecule has 4 heterocycles. The number of benzene rings is 1. The summed E-state index contributed by atoms with van der Waals surface area (Å²) in [6.45, 7) is 6.41. The monoisotopic (exact) mass is 401 g/mol. The van der Waals surface area contributed by atoms with Crippen molar-refractivity contribution in [3.8, 4) is 0 Å². The molecule has 1 fully saturated rings. The van der Waals surface area contributed by atoms with E-state index in [0.29, 0.717) is 29.7 Å². The van der Waals surface area contributed by atoms with Gasteiger partial charge >= 0.3 is 0 Å². The van der Waals surface area contributed by atoms with E-state index in [0.717, 1.165) is 22.2 Å². The molecule has 3 aromatic heterocycles. The number of carbonyl (C=O) groups is 1. The number of rotatable bonds is 4. The zero-order valence-electron chi connectivity index (χ0n) is 16.3. The number of fused-ring (bicyclic) bond motifs is 2. The largest absolute Gasteiger partial charge is 0.350 e. The second kappa shape index (κ2) is 6.80. The van der Waals surface area contributed by atoms with Crippen molar-refractivity contribution in [3.05, 3.63) is 65.6 Å². The first-order valence-corrected chi connectivity index (χ1v) is 9.52. The molecule has 9 nitrogen and oxygen atoms in total. The molecule has 0 saturated carbocycles. The van der Waals surface area contributed by atoms with Crippen LogP contribution in [0.15, 0.2) is 54.5 Å². The third-order valence-electron chi connectivity index (χ3n) is 5.52. The highest BCUT2D eigenvalue weighted by molar-refractivity contribution is 5.97. The molecule has 1 aliphatic heterocycles. The van der Waals surface area contributed by atoms with Crippen molar-refractivity contribution in [2.45, 2.75) is 13.0 Å². The van der Waals surface area contributed by atoms with Gasteiger partial charge in [-0.05, 0) is 18.6 Å². The van der Waals surface area contributed by atoms with Crippen molar-refractivity contribution >= 4 is 39.1 Å². The van der Waals surface area contributed by atoms with Crippen LogP contribution in [0.3, 0.4) is 0 Å². The lowest BCUT2D eigenvalue weighted by molar-refractivity contribution is -0.131. The van der Waals surface area contributed by atoms with Crippen LogP contribution in [0, 0.1) is 6.92 Å². The molecule has 9 heteroatoms. The van der Waals surface area contributed by atoms with Crippen LogP contribution in [0.2, 0.25) is 0 Å². The summed E-state index contributed by atoms with van der Waals surface area (Å²) in [5.74, 6) is -0.135. The molecule has 5 rings (SSSR count). The second-order valence-electron chi connectivity index (χ2n) is 7.36. The quantitative estimate of drug-likeness (QED) is 0.508. The molecule has 1 saturated heterocycles. The Morgan fingerprint density at radius 2 is 2.13 bits per heavy atom. The summed E-state index contributed by atoms with van der Waals surface area (Å²) in [5.41, 5.74) is 3.77. The first kappa shape index (κ1) is 18.0. The average Bonchev–Trinajstić information content (AvgIpc) is 3.20. The topological polar surface area (TPSA) is 109 Å². The van der Waals surface area contributed by atoms with E-state index in [4.69, 9.17) is 0 Å². The lowest BCUT2D eigenvalue weighted by Crippen LogP contribution is -2.52. The van der Waals surface area contributed by atoms with Gasteiger partial charge in [0.05, 0.1) is 47.0 Å². The Bertz CT molecular complexity index is 1370. The fourth-order valence-electron chi connectivity index (χ4n) is 3.77. The molecular formula is C21H19N7O2. The first-order valence-electron chi connectivity index (χ1n) is 9.52. The van der Waals surface area contributed by atoms with Gasteiger partial charge in [-0.25, -0.2) is 4.98 Å². The molecular weight excluding hydrogens is 382 g/mol. The zero-order chi connectivity index (χ0) is 20.8. The molecule has 0 radical (unpaired) electrons. The van der Waals surface area contributed by atoms with Crippen LogP contribution in [-0.2, 0) is 4.79 Å². The lowest BCUT2D eigenvalue weighted by atomic mass is 10.1. The van der Waals surface area contributed by atoms with Gasteiger partial charge in [-0.3, -0.25) is 24.2 Å². The van der Waals surface area contributed by atoms with Gasteiger partial charge in [0.1, 0.15) is 5.52 Å². The molecule has 0 spiro atoms. The van der Waals surface area contributed by atoms with Crippen LogP contribution in [0.1, 0.15) is 11.6 Å². The standard InChI is InChI=1S/C21H19N7O2/c1-3-17(29)27-9-14(10-27)28-11-23-20-15(21(28)30)7-22-8-16(20)25-18-12(2)4-5-13-6-24-26-19(13)18/h3-8,11,14,25H,1,9-10H2,2H3,(H,24,26). The molecule has 30 heavy (non-hydrogen) atoms. The zero-order valence-corrected chi connectivity index (χ0v) is 16.3. The van der Waals surface area contributed by atoms with Crippen molar-refractivity contribution in [2.24, 2.45) is 0 Å². The van der Waals surface area contributed by atoms with Crippen LogP contribution in [-0.4, -0.2) is 48.6 Å². The molecule has 0 bridgehead atoms. The van der Waals surface area contributed by atoms with Crippen LogP contribution in [0.25, 0.3) is 21.8 Å². The number of aromatic amines is 1. The van der Waals surface area contributed by atoms with Crippen molar-refractivity contribution in [1.29, 1.82) is 0 Å². The maximum absolute atomic E-state index is 13.1. The van der Waals surface area contributed by atoms with Crippen LogP contribution >= 0.6 is 0 Å². The summed E-state index contributed by atoms with van der Waals surface area (Å²) in [6, 6.07) is 3.90. The number of aromatic nitrogens is 5. The number of pyridine rings is 1. The molecule has 1 amide bonds. The molecule has 4 aromatic rings. The lowest BCUT2D eigenvalue weighted by Gasteiger charge is -2.39. The smallest absolute Gasteiger partial charge is 0.263 e.